The predicted molar refractivity (Wildman–Crippen MR) is 136 cm³/mol. The van der Waals surface area contributed by atoms with E-state index < -0.39 is 0 Å². The van der Waals surface area contributed by atoms with Crippen LogP contribution in [0.15, 0.2) is 60.9 Å². The molecule has 0 aliphatic heterocycles. The minimum atomic E-state index is -0.120. The number of aliphatic hydroxyl groups excluding tert-OH is 1. The maximum Gasteiger partial charge on any atom is 0.243 e. The number of ether oxygens (including phenoxy) is 2. The topological polar surface area (TPSA) is 97.0 Å². The highest BCUT2D eigenvalue weighted by Gasteiger charge is 2.19. The van der Waals surface area contributed by atoms with Gasteiger partial charge < -0.3 is 24.8 Å². The molecule has 0 radical (unpaired) electrons. The first-order valence-corrected chi connectivity index (χ1v) is 11.7. The van der Waals surface area contributed by atoms with Crippen LogP contribution in [-0.2, 0) is 13.1 Å². The van der Waals surface area contributed by atoms with Crippen molar-refractivity contribution in [3.8, 4) is 11.5 Å². The molecule has 1 atom stereocenters. The summed E-state index contributed by atoms with van der Waals surface area (Å²) < 4.78 is 12.4. The SMILES string of the molecule is CCCC(CO)Nc1nc(N(Cc2ccc(OC)cc2)Cc2ccc(OC)cc2)c2nccn2n1. The van der Waals surface area contributed by atoms with Crippen molar-refractivity contribution < 1.29 is 14.6 Å². The van der Waals surface area contributed by atoms with Crippen molar-refractivity contribution in [2.24, 2.45) is 0 Å². The third-order valence-corrected chi connectivity index (χ3v) is 5.79. The van der Waals surface area contributed by atoms with Crippen LogP contribution in [0.4, 0.5) is 11.8 Å². The number of rotatable bonds is 12. The van der Waals surface area contributed by atoms with Crippen LogP contribution in [-0.4, -0.2) is 51.6 Å². The zero-order valence-electron chi connectivity index (χ0n) is 20.4. The zero-order valence-corrected chi connectivity index (χ0v) is 20.4. The molecule has 184 valence electrons. The van der Waals surface area contributed by atoms with Crippen molar-refractivity contribution in [2.45, 2.75) is 38.9 Å². The Morgan fingerprint density at radius 1 is 0.971 bits per heavy atom. The lowest BCUT2D eigenvalue weighted by Gasteiger charge is -2.25. The number of nitrogens with zero attached hydrogens (tertiary/aromatic N) is 5. The first-order valence-electron chi connectivity index (χ1n) is 11.7. The highest BCUT2D eigenvalue weighted by atomic mass is 16.5. The number of hydrogen-bond acceptors (Lipinski definition) is 8. The summed E-state index contributed by atoms with van der Waals surface area (Å²) in [6.07, 6.45) is 5.28. The largest absolute Gasteiger partial charge is 0.497 e. The van der Waals surface area contributed by atoms with Crippen molar-refractivity contribution in [2.75, 3.05) is 31.0 Å². The van der Waals surface area contributed by atoms with Gasteiger partial charge in [-0.1, -0.05) is 37.6 Å². The third kappa shape index (κ3) is 5.99. The number of aliphatic hydroxyl groups is 1. The lowest BCUT2D eigenvalue weighted by Crippen LogP contribution is -2.28. The van der Waals surface area contributed by atoms with E-state index >= 15 is 0 Å². The molecule has 2 aromatic carbocycles. The van der Waals surface area contributed by atoms with Crippen molar-refractivity contribution in [3.63, 3.8) is 0 Å². The summed E-state index contributed by atoms with van der Waals surface area (Å²) >= 11 is 0. The molecular weight excluding hydrogens is 444 g/mol. The first kappa shape index (κ1) is 24.3. The van der Waals surface area contributed by atoms with Crippen molar-refractivity contribution in [1.29, 1.82) is 0 Å². The summed E-state index contributed by atoms with van der Waals surface area (Å²) in [5.41, 5.74) is 2.88. The number of nitrogens with one attached hydrogen (secondary N) is 1. The fraction of sp³-hybridized carbons (Fsp3) is 0.346. The Morgan fingerprint density at radius 2 is 1.57 bits per heavy atom. The number of benzene rings is 2. The highest BCUT2D eigenvalue weighted by molar-refractivity contribution is 5.65. The second kappa shape index (κ2) is 11.5. The van der Waals surface area contributed by atoms with Gasteiger partial charge in [0.05, 0.1) is 26.9 Å². The third-order valence-electron chi connectivity index (χ3n) is 5.79. The zero-order chi connectivity index (χ0) is 24.6. The molecule has 9 heteroatoms. The van der Waals surface area contributed by atoms with Gasteiger partial charge in [0.1, 0.15) is 11.5 Å². The summed E-state index contributed by atoms with van der Waals surface area (Å²) in [5, 5.41) is 17.6. The molecule has 2 heterocycles. The summed E-state index contributed by atoms with van der Waals surface area (Å²) in [6.45, 7) is 3.30. The summed E-state index contributed by atoms with van der Waals surface area (Å²) in [6, 6.07) is 15.9. The number of aromatic nitrogens is 4. The van der Waals surface area contributed by atoms with Gasteiger partial charge in [-0.05, 0) is 41.8 Å². The van der Waals surface area contributed by atoms with E-state index in [0.717, 1.165) is 35.5 Å². The summed E-state index contributed by atoms with van der Waals surface area (Å²) in [5.74, 6) is 2.77. The van der Waals surface area contributed by atoms with E-state index in [1.165, 1.54) is 0 Å². The quantitative estimate of drug-likeness (QED) is 0.318. The molecule has 0 amide bonds. The van der Waals surface area contributed by atoms with Crippen LogP contribution in [0.2, 0.25) is 0 Å². The smallest absolute Gasteiger partial charge is 0.243 e. The molecule has 1 unspecified atom stereocenters. The first-order chi connectivity index (χ1) is 17.1. The lowest BCUT2D eigenvalue weighted by molar-refractivity contribution is 0.267. The minimum absolute atomic E-state index is 0.00983. The number of fused-ring (bicyclic) bond motifs is 1. The molecule has 0 saturated carbocycles. The van der Waals surface area contributed by atoms with Crippen molar-refractivity contribution in [1.82, 2.24) is 19.6 Å². The van der Waals surface area contributed by atoms with Gasteiger partial charge in [0.15, 0.2) is 11.5 Å². The van der Waals surface area contributed by atoms with E-state index in [0.29, 0.717) is 30.5 Å². The van der Waals surface area contributed by atoms with Gasteiger partial charge in [-0.2, -0.15) is 4.98 Å². The van der Waals surface area contributed by atoms with Crippen LogP contribution < -0.4 is 19.7 Å². The van der Waals surface area contributed by atoms with Crippen LogP contribution in [0.3, 0.4) is 0 Å². The second-order valence-electron chi connectivity index (χ2n) is 8.32. The van der Waals surface area contributed by atoms with E-state index in [2.05, 4.69) is 27.2 Å². The van der Waals surface area contributed by atoms with Crippen LogP contribution in [0.5, 0.6) is 11.5 Å². The van der Waals surface area contributed by atoms with Gasteiger partial charge in [0.2, 0.25) is 5.95 Å². The Balaban J connectivity index is 1.72. The van der Waals surface area contributed by atoms with Crippen LogP contribution in [0.1, 0.15) is 30.9 Å². The van der Waals surface area contributed by atoms with E-state index in [1.807, 2.05) is 48.5 Å². The minimum Gasteiger partial charge on any atom is -0.497 e. The molecule has 2 N–H and O–H groups in total. The average Bonchev–Trinajstić information content (AvgIpc) is 3.37. The molecule has 0 fully saturated rings. The molecule has 0 spiro atoms. The van der Waals surface area contributed by atoms with Crippen molar-refractivity contribution in [3.05, 3.63) is 72.1 Å². The van der Waals surface area contributed by atoms with Crippen LogP contribution >= 0.6 is 0 Å². The highest BCUT2D eigenvalue weighted by Crippen LogP contribution is 2.25. The van der Waals surface area contributed by atoms with Crippen LogP contribution in [0.25, 0.3) is 5.65 Å². The molecule has 2 aromatic heterocycles. The Hall–Kier alpha value is -3.85. The van der Waals surface area contributed by atoms with Gasteiger partial charge in [-0.25, -0.2) is 9.50 Å². The molecule has 0 aliphatic rings. The molecule has 4 rings (SSSR count). The molecule has 35 heavy (non-hydrogen) atoms. The Kier molecular flexibility index (Phi) is 7.99. The van der Waals surface area contributed by atoms with E-state index in [9.17, 15) is 5.11 Å². The maximum atomic E-state index is 9.78. The second-order valence-corrected chi connectivity index (χ2v) is 8.32. The summed E-state index contributed by atoms with van der Waals surface area (Å²) in [7, 11) is 3.32. The van der Waals surface area contributed by atoms with E-state index in [4.69, 9.17) is 14.5 Å². The van der Waals surface area contributed by atoms with Crippen molar-refractivity contribution >= 4 is 17.4 Å². The number of anilines is 2. The monoisotopic (exact) mass is 476 g/mol. The standard InChI is InChI=1S/C26H32N6O3/c1-4-5-21(18-33)28-26-29-25(24-27-14-15-32(24)30-26)31(16-19-6-10-22(34-2)11-7-19)17-20-8-12-23(35-3)13-9-20/h6-15,21,33H,4-5,16-18H2,1-3H3,(H,28,30). The van der Waals surface area contributed by atoms with E-state index in [-0.39, 0.29) is 12.6 Å². The number of imidazole rings is 1. The average molecular weight is 477 g/mol. The molecule has 0 saturated heterocycles. The van der Waals surface area contributed by atoms with Gasteiger partial charge in [0.25, 0.3) is 0 Å². The summed E-state index contributed by atoms with van der Waals surface area (Å²) in [4.78, 5) is 11.6. The van der Waals surface area contributed by atoms with Gasteiger partial charge in [-0.15, -0.1) is 5.10 Å². The molecule has 0 bridgehead atoms. The van der Waals surface area contributed by atoms with Gasteiger partial charge in [0, 0.05) is 25.5 Å². The fourth-order valence-corrected chi connectivity index (χ4v) is 3.93. The van der Waals surface area contributed by atoms with E-state index in [1.54, 1.807) is 31.1 Å². The number of methoxy groups -OCH3 is 2. The Bertz CT molecular complexity index is 1160. The Morgan fingerprint density at radius 3 is 2.09 bits per heavy atom. The predicted octanol–water partition coefficient (Wildman–Crippen LogP) is 3.92. The normalized spacial score (nSPS) is 11.9. The molecule has 9 nitrogen and oxygen atoms in total. The lowest BCUT2D eigenvalue weighted by atomic mass is 10.1. The van der Waals surface area contributed by atoms with Gasteiger partial charge >= 0.3 is 0 Å². The number of hydrogen-bond donors (Lipinski definition) is 2. The Labute approximate surface area is 205 Å². The molecule has 4 aromatic rings. The molecule has 0 aliphatic carbocycles. The van der Waals surface area contributed by atoms with Gasteiger partial charge in [-0.3, -0.25) is 0 Å². The van der Waals surface area contributed by atoms with Crippen LogP contribution in [0, 0.1) is 0 Å². The fourth-order valence-electron chi connectivity index (χ4n) is 3.93. The maximum absolute atomic E-state index is 9.78. The molecular formula is C26H32N6O3.